The number of pyridine rings is 1. The predicted octanol–water partition coefficient (Wildman–Crippen LogP) is 1.70. The fraction of sp³-hybridized carbons (Fsp3) is 0.643. The monoisotopic (exact) mass is 264 g/mol. The average Bonchev–Trinajstić information content (AvgIpc) is 2.86. The quantitative estimate of drug-likeness (QED) is 0.847. The van der Waals surface area contributed by atoms with E-state index in [2.05, 4.69) is 15.2 Å². The van der Waals surface area contributed by atoms with Crippen LogP contribution in [-0.4, -0.2) is 38.8 Å². The molecule has 0 spiro atoms. The van der Waals surface area contributed by atoms with Gasteiger partial charge in [-0.05, 0) is 31.4 Å². The van der Waals surface area contributed by atoms with Crippen molar-refractivity contribution >= 4 is 11.4 Å². The molecule has 1 aromatic heterocycles. The summed E-state index contributed by atoms with van der Waals surface area (Å²) in [6, 6.07) is 2.42. The van der Waals surface area contributed by atoms with Gasteiger partial charge in [-0.2, -0.15) is 0 Å². The van der Waals surface area contributed by atoms with Crippen LogP contribution in [0.5, 0.6) is 5.88 Å². The number of rotatable bonds is 5. The molecule has 0 saturated heterocycles. The van der Waals surface area contributed by atoms with Crippen molar-refractivity contribution in [2.24, 2.45) is 11.7 Å². The van der Waals surface area contributed by atoms with Gasteiger partial charge in [0.05, 0.1) is 12.8 Å². The van der Waals surface area contributed by atoms with Crippen molar-refractivity contribution in [2.45, 2.75) is 25.3 Å². The Hall–Kier alpha value is -1.49. The van der Waals surface area contributed by atoms with E-state index in [9.17, 15) is 0 Å². The van der Waals surface area contributed by atoms with Crippen LogP contribution in [0.4, 0.5) is 11.4 Å². The molecular weight excluding hydrogens is 240 g/mol. The zero-order valence-corrected chi connectivity index (χ0v) is 12.0. The van der Waals surface area contributed by atoms with Crippen molar-refractivity contribution in [2.75, 3.05) is 38.0 Å². The van der Waals surface area contributed by atoms with Gasteiger partial charge in [-0.1, -0.05) is 6.42 Å². The predicted molar refractivity (Wildman–Crippen MR) is 78.9 cm³/mol. The van der Waals surface area contributed by atoms with Crippen LogP contribution >= 0.6 is 0 Å². The molecule has 0 aliphatic heterocycles. The summed E-state index contributed by atoms with van der Waals surface area (Å²) in [5.41, 5.74) is 7.91. The van der Waals surface area contributed by atoms with Gasteiger partial charge in [-0.15, -0.1) is 0 Å². The molecule has 3 N–H and O–H groups in total. The van der Waals surface area contributed by atoms with Gasteiger partial charge in [0.25, 0.3) is 0 Å². The molecule has 2 atom stereocenters. The molecule has 1 saturated carbocycles. The van der Waals surface area contributed by atoms with Gasteiger partial charge in [0.1, 0.15) is 5.69 Å². The Labute approximate surface area is 115 Å². The lowest BCUT2D eigenvalue weighted by molar-refractivity contribution is 0.398. The van der Waals surface area contributed by atoms with E-state index in [0.717, 1.165) is 24.3 Å². The number of methoxy groups -OCH3 is 1. The Morgan fingerprint density at radius 1 is 1.47 bits per heavy atom. The molecule has 1 aliphatic rings. The molecule has 1 aromatic rings. The number of nitrogens with two attached hydrogens (primary N) is 1. The summed E-state index contributed by atoms with van der Waals surface area (Å²) in [5.74, 6) is 1.19. The average molecular weight is 264 g/mol. The lowest BCUT2D eigenvalue weighted by atomic mass is 10.0. The molecule has 106 valence electrons. The normalized spacial score (nSPS) is 22.3. The van der Waals surface area contributed by atoms with Crippen molar-refractivity contribution < 1.29 is 4.74 Å². The first kappa shape index (κ1) is 13.9. The lowest BCUT2D eigenvalue weighted by Gasteiger charge is -2.25. The van der Waals surface area contributed by atoms with Crippen molar-refractivity contribution in [1.29, 1.82) is 0 Å². The van der Waals surface area contributed by atoms with Gasteiger partial charge in [0.2, 0.25) is 5.88 Å². The minimum absolute atomic E-state index is 0.418. The maximum absolute atomic E-state index is 5.85. The third kappa shape index (κ3) is 2.92. The molecule has 5 heteroatoms. The van der Waals surface area contributed by atoms with Crippen LogP contribution in [0.25, 0.3) is 0 Å². The van der Waals surface area contributed by atoms with Crippen molar-refractivity contribution in [3.05, 3.63) is 12.3 Å². The second kappa shape index (κ2) is 6.10. The Morgan fingerprint density at radius 2 is 2.26 bits per heavy atom. The zero-order valence-electron chi connectivity index (χ0n) is 12.0. The summed E-state index contributed by atoms with van der Waals surface area (Å²) < 4.78 is 5.38. The smallest absolute Gasteiger partial charge is 0.239 e. The van der Waals surface area contributed by atoms with Crippen LogP contribution in [0.1, 0.15) is 19.3 Å². The minimum atomic E-state index is 0.418. The maximum Gasteiger partial charge on any atom is 0.239 e. The number of nitrogens with one attached hydrogen (secondary N) is 1. The fourth-order valence-corrected chi connectivity index (χ4v) is 2.79. The number of aromatic nitrogens is 1. The molecular formula is C14H24N4O. The van der Waals surface area contributed by atoms with Crippen molar-refractivity contribution in [3.8, 4) is 5.88 Å². The van der Waals surface area contributed by atoms with E-state index < -0.39 is 0 Å². The molecule has 0 amide bonds. The summed E-state index contributed by atoms with van der Waals surface area (Å²) >= 11 is 0. The first-order valence-corrected chi connectivity index (χ1v) is 6.84. The molecule has 1 heterocycles. The maximum atomic E-state index is 5.85. The molecule has 19 heavy (non-hydrogen) atoms. The first-order chi connectivity index (χ1) is 9.17. The van der Waals surface area contributed by atoms with E-state index in [1.54, 1.807) is 13.3 Å². The number of anilines is 2. The summed E-state index contributed by atoms with van der Waals surface area (Å²) in [6.45, 7) is 0.734. The Morgan fingerprint density at radius 3 is 2.89 bits per heavy atom. The molecule has 0 aromatic carbocycles. The van der Waals surface area contributed by atoms with Crippen LogP contribution in [0, 0.1) is 5.92 Å². The Kier molecular flexibility index (Phi) is 4.47. The largest absolute Gasteiger partial charge is 0.479 e. The molecule has 0 bridgehead atoms. The van der Waals surface area contributed by atoms with Gasteiger partial charge in [0, 0.05) is 26.3 Å². The summed E-state index contributed by atoms with van der Waals surface area (Å²) in [7, 11) is 5.70. The van der Waals surface area contributed by atoms with Crippen LogP contribution in [0.15, 0.2) is 12.3 Å². The van der Waals surface area contributed by atoms with Gasteiger partial charge in [-0.25, -0.2) is 4.98 Å². The van der Waals surface area contributed by atoms with Gasteiger partial charge in [-0.3, -0.25) is 0 Å². The molecule has 2 rings (SSSR count). The van der Waals surface area contributed by atoms with E-state index >= 15 is 0 Å². The highest BCUT2D eigenvalue weighted by molar-refractivity contribution is 5.74. The fourth-order valence-electron chi connectivity index (χ4n) is 2.79. The van der Waals surface area contributed by atoms with Crippen molar-refractivity contribution in [1.82, 2.24) is 4.98 Å². The highest BCUT2D eigenvalue weighted by Gasteiger charge is 2.27. The number of hydrogen-bond donors (Lipinski definition) is 2. The third-order valence-electron chi connectivity index (χ3n) is 3.86. The Balaban J connectivity index is 2.27. The highest BCUT2D eigenvalue weighted by Crippen LogP contribution is 2.36. The molecule has 0 radical (unpaired) electrons. The summed E-state index contributed by atoms with van der Waals surface area (Å²) in [6.07, 6.45) is 5.37. The second-order valence-corrected chi connectivity index (χ2v) is 5.29. The minimum Gasteiger partial charge on any atom is -0.479 e. The molecule has 1 aliphatic carbocycles. The SMILES string of the molecule is COc1nccc(N(C)C)c1NC1CCCC1CN. The third-order valence-corrected chi connectivity index (χ3v) is 3.86. The first-order valence-electron chi connectivity index (χ1n) is 6.84. The van der Waals surface area contributed by atoms with E-state index in [4.69, 9.17) is 10.5 Å². The van der Waals surface area contributed by atoms with E-state index in [-0.39, 0.29) is 0 Å². The van der Waals surface area contributed by atoms with E-state index in [1.165, 1.54) is 12.8 Å². The molecule has 1 fully saturated rings. The number of nitrogens with zero attached hydrogens (tertiary/aromatic N) is 2. The highest BCUT2D eigenvalue weighted by atomic mass is 16.5. The topological polar surface area (TPSA) is 63.4 Å². The Bertz CT molecular complexity index is 422. The zero-order chi connectivity index (χ0) is 13.8. The van der Waals surface area contributed by atoms with Crippen LogP contribution in [0.2, 0.25) is 0 Å². The van der Waals surface area contributed by atoms with Gasteiger partial charge in [0.15, 0.2) is 0 Å². The number of ether oxygens (including phenoxy) is 1. The standard InChI is InChI=1S/C14H24N4O/c1-18(2)12-7-8-16-14(19-3)13(12)17-11-6-4-5-10(11)9-15/h7-8,10-11,17H,4-6,9,15H2,1-3H3. The second-order valence-electron chi connectivity index (χ2n) is 5.29. The van der Waals surface area contributed by atoms with Gasteiger partial charge < -0.3 is 20.7 Å². The summed E-state index contributed by atoms with van der Waals surface area (Å²) in [4.78, 5) is 6.36. The van der Waals surface area contributed by atoms with Gasteiger partial charge >= 0.3 is 0 Å². The van der Waals surface area contributed by atoms with Crippen molar-refractivity contribution in [3.63, 3.8) is 0 Å². The molecule has 2 unspecified atom stereocenters. The van der Waals surface area contributed by atoms with E-state index in [1.807, 2.05) is 20.2 Å². The molecule has 5 nitrogen and oxygen atoms in total. The summed E-state index contributed by atoms with van der Waals surface area (Å²) in [5, 5.41) is 3.60. The number of hydrogen-bond acceptors (Lipinski definition) is 5. The van der Waals surface area contributed by atoms with E-state index in [0.29, 0.717) is 17.8 Å². The van der Waals surface area contributed by atoms with Crippen LogP contribution < -0.4 is 20.7 Å². The van der Waals surface area contributed by atoms with Crippen LogP contribution in [-0.2, 0) is 0 Å². The lowest BCUT2D eigenvalue weighted by Crippen LogP contribution is -2.30. The van der Waals surface area contributed by atoms with Crippen LogP contribution in [0.3, 0.4) is 0 Å².